The molecule has 6 rings (SSSR count). The van der Waals surface area contributed by atoms with Gasteiger partial charge in [-0.25, -0.2) is 8.78 Å². The number of β-amino-alcohol motifs (C(OH)–C–C–N with tert-alkyl or cyclic N) is 1. The first kappa shape index (κ1) is 38.5. The predicted octanol–water partition coefficient (Wildman–Crippen LogP) is 8.33. The van der Waals surface area contributed by atoms with Crippen LogP contribution < -0.4 is 14.2 Å². The Kier molecular flexibility index (Phi) is 12.9. The topological polar surface area (TPSA) is 91.7 Å². The summed E-state index contributed by atoms with van der Waals surface area (Å²) in [6.45, 7) is 8.35. The van der Waals surface area contributed by atoms with Crippen LogP contribution in [0, 0.1) is 25.5 Å². The van der Waals surface area contributed by atoms with Crippen LogP contribution in [0.4, 0.5) is 8.78 Å². The van der Waals surface area contributed by atoms with Crippen LogP contribution in [0.3, 0.4) is 0 Å². The van der Waals surface area contributed by atoms with E-state index in [0.717, 1.165) is 91.0 Å². The minimum Gasteiger partial charge on any atom is -0.493 e. The number of carboxylic acids is 1. The lowest BCUT2D eigenvalue weighted by atomic mass is 9.93. The summed E-state index contributed by atoms with van der Waals surface area (Å²) in [5.74, 6) is -1.15. The first-order valence-electron chi connectivity index (χ1n) is 18.3. The Bertz CT molecular complexity index is 1910. The van der Waals surface area contributed by atoms with Gasteiger partial charge in [0.2, 0.25) is 0 Å². The van der Waals surface area contributed by atoms with Crippen LogP contribution in [-0.2, 0) is 24.6 Å². The van der Waals surface area contributed by atoms with Gasteiger partial charge in [-0.05, 0) is 104 Å². The van der Waals surface area contributed by atoms with Crippen molar-refractivity contribution in [2.75, 3.05) is 32.8 Å². The molecule has 2 atom stereocenters. The molecule has 4 aromatic rings. The fraction of sp³-hybridized carbons (Fsp3) is 0.405. The number of hydrogen-bond donors (Lipinski definition) is 2. The van der Waals surface area contributed by atoms with E-state index in [2.05, 4.69) is 30.9 Å². The number of aliphatic hydroxyl groups is 1. The number of piperidine rings is 1. The molecule has 11 heteroatoms. The van der Waals surface area contributed by atoms with Gasteiger partial charge in [0.05, 0.1) is 17.7 Å². The maximum absolute atomic E-state index is 14.0. The molecular weight excluding hydrogens is 702 g/mol. The first-order chi connectivity index (χ1) is 25.6. The Hall–Kier alpha value is -4.22. The number of carboxylic acid groups (broad SMARTS) is 1. The van der Waals surface area contributed by atoms with E-state index in [1.807, 2.05) is 29.2 Å². The van der Waals surface area contributed by atoms with Gasteiger partial charge in [0, 0.05) is 37.8 Å². The summed E-state index contributed by atoms with van der Waals surface area (Å²) in [4.78, 5) is 16.2. The third-order valence-electron chi connectivity index (χ3n) is 10.3. The molecule has 2 N–H and O–H groups in total. The van der Waals surface area contributed by atoms with Crippen LogP contribution >= 0.6 is 11.6 Å². The molecule has 0 amide bonds. The number of carbonyl (C=O) groups is 1. The van der Waals surface area contributed by atoms with Crippen LogP contribution in [0.15, 0.2) is 66.7 Å². The van der Waals surface area contributed by atoms with Gasteiger partial charge in [-0.2, -0.15) is 0 Å². The van der Waals surface area contributed by atoms with Crippen molar-refractivity contribution in [3.8, 4) is 28.4 Å². The Morgan fingerprint density at radius 1 is 0.830 bits per heavy atom. The SMILES string of the molecule is Cc1c(COc2cc(OCc3ccc(F)c(F)c3)c(CN3CCCCC3C(=O)O)cc2Cl)cccc1-c1cccc(OCCCN2CCC(O)C2)c1C. The molecule has 0 radical (unpaired) electrons. The molecule has 53 heavy (non-hydrogen) atoms. The van der Waals surface area contributed by atoms with Gasteiger partial charge in [-0.15, -0.1) is 0 Å². The van der Waals surface area contributed by atoms with E-state index in [-0.39, 0.29) is 25.9 Å². The number of rotatable bonds is 15. The van der Waals surface area contributed by atoms with Crippen molar-refractivity contribution in [1.29, 1.82) is 0 Å². The van der Waals surface area contributed by atoms with E-state index >= 15 is 0 Å². The third-order valence-corrected chi connectivity index (χ3v) is 10.6. The Morgan fingerprint density at radius 3 is 2.36 bits per heavy atom. The van der Waals surface area contributed by atoms with Gasteiger partial charge in [0.15, 0.2) is 11.6 Å². The molecule has 0 bridgehead atoms. The number of likely N-dealkylation sites (tertiary alicyclic amines) is 2. The van der Waals surface area contributed by atoms with E-state index in [4.69, 9.17) is 25.8 Å². The summed E-state index contributed by atoms with van der Waals surface area (Å²) >= 11 is 6.81. The average Bonchev–Trinajstić information content (AvgIpc) is 3.56. The van der Waals surface area contributed by atoms with Gasteiger partial charge in [-0.1, -0.05) is 54.4 Å². The highest BCUT2D eigenvalue weighted by Gasteiger charge is 2.29. The number of aliphatic hydroxyl groups excluding tert-OH is 1. The second-order valence-electron chi connectivity index (χ2n) is 14.0. The standard InChI is InChI=1S/C42H47ClF2N2O6/c1-27-30(8-5-9-33(27)34-10-6-12-39(28(34)2)51-19-7-16-46-18-15-32(48)24-46)26-53-41-22-40(52-25-29-13-14-36(44)37(45)20-29)31(21-35(41)43)23-47-17-4-3-11-38(47)42(49)50/h5-6,8-10,12-14,20-22,32,38,48H,3-4,7,11,15-19,23-26H2,1-2H3,(H,49,50). The van der Waals surface area contributed by atoms with Crippen LogP contribution in [0.25, 0.3) is 11.1 Å². The Balaban J connectivity index is 1.18. The zero-order valence-corrected chi connectivity index (χ0v) is 31.0. The summed E-state index contributed by atoms with van der Waals surface area (Å²) in [6, 6.07) is 18.6. The van der Waals surface area contributed by atoms with E-state index < -0.39 is 23.6 Å². The maximum atomic E-state index is 14.0. The molecular formula is C42H47ClF2N2O6. The van der Waals surface area contributed by atoms with Gasteiger partial charge in [-0.3, -0.25) is 9.69 Å². The highest BCUT2D eigenvalue weighted by molar-refractivity contribution is 6.32. The summed E-state index contributed by atoms with van der Waals surface area (Å²) in [6.07, 6.45) is 3.76. The number of ether oxygens (including phenoxy) is 3. The molecule has 0 aromatic heterocycles. The predicted molar refractivity (Wildman–Crippen MR) is 201 cm³/mol. The van der Waals surface area contributed by atoms with Crippen LogP contribution in [0.1, 0.15) is 59.9 Å². The van der Waals surface area contributed by atoms with E-state index in [9.17, 15) is 23.8 Å². The van der Waals surface area contributed by atoms with Crippen molar-refractivity contribution < 1.29 is 38.0 Å². The number of hydrogen-bond acceptors (Lipinski definition) is 7. The molecule has 0 saturated carbocycles. The van der Waals surface area contributed by atoms with Crippen molar-refractivity contribution in [2.24, 2.45) is 0 Å². The summed E-state index contributed by atoms with van der Waals surface area (Å²) < 4.78 is 46.3. The minimum absolute atomic E-state index is 0.0422. The van der Waals surface area contributed by atoms with Crippen LogP contribution in [0.5, 0.6) is 17.2 Å². The molecule has 282 valence electrons. The fourth-order valence-electron chi connectivity index (χ4n) is 7.25. The zero-order chi connectivity index (χ0) is 37.5. The molecule has 2 saturated heterocycles. The third kappa shape index (κ3) is 9.67. The lowest BCUT2D eigenvalue weighted by molar-refractivity contribution is -0.144. The number of benzene rings is 4. The summed E-state index contributed by atoms with van der Waals surface area (Å²) in [5, 5.41) is 20.0. The Morgan fingerprint density at radius 2 is 1.60 bits per heavy atom. The van der Waals surface area contributed by atoms with Crippen molar-refractivity contribution >= 4 is 17.6 Å². The molecule has 8 nitrogen and oxygen atoms in total. The van der Waals surface area contributed by atoms with E-state index in [1.54, 1.807) is 12.1 Å². The quantitative estimate of drug-likeness (QED) is 0.117. The largest absolute Gasteiger partial charge is 0.493 e. The lowest BCUT2D eigenvalue weighted by Gasteiger charge is -2.33. The van der Waals surface area contributed by atoms with Crippen molar-refractivity contribution in [2.45, 2.75) is 77.9 Å². The molecule has 2 fully saturated rings. The first-order valence-corrected chi connectivity index (χ1v) is 18.7. The number of aliphatic carboxylic acids is 1. The van der Waals surface area contributed by atoms with Crippen LogP contribution in [0.2, 0.25) is 5.02 Å². The monoisotopic (exact) mass is 748 g/mol. The molecule has 2 aliphatic heterocycles. The highest BCUT2D eigenvalue weighted by Crippen LogP contribution is 2.37. The second kappa shape index (κ2) is 17.7. The second-order valence-corrected chi connectivity index (χ2v) is 14.4. The van der Waals surface area contributed by atoms with Gasteiger partial charge in [0.1, 0.15) is 36.5 Å². The fourth-order valence-corrected chi connectivity index (χ4v) is 7.49. The highest BCUT2D eigenvalue weighted by atomic mass is 35.5. The van der Waals surface area contributed by atoms with Crippen molar-refractivity contribution in [3.05, 3.63) is 111 Å². The molecule has 2 heterocycles. The summed E-state index contributed by atoms with van der Waals surface area (Å²) in [5.41, 5.74) is 6.29. The average molecular weight is 749 g/mol. The van der Waals surface area contributed by atoms with Gasteiger partial charge < -0.3 is 29.3 Å². The molecule has 0 spiro atoms. The molecule has 2 aliphatic rings. The zero-order valence-electron chi connectivity index (χ0n) is 30.3. The maximum Gasteiger partial charge on any atom is 0.320 e. The molecule has 2 unspecified atom stereocenters. The number of nitrogens with zero attached hydrogens (tertiary/aromatic N) is 2. The summed E-state index contributed by atoms with van der Waals surface area (Å²) in [7, 11) is 0. The molecule has 4 aromatic carbocycles. The van der Waals surface area contributed by atoms with Gasteiger partial charge >= 0.3 is 5.97 Å². The minimum atomic E-state index is -0.966. The van der Waals surface area contributed by atoms with Gasteiger partial charge in [0.25, 0.3) is 0 Å². The van der Waals surface area contributed by atoms with Crippen LogP contribution in [-0.4, -0.2) is 70.9 Å². The normalized spacial score (nSPS) is 17.9. The van der Waals surface area contributed by atoms with Crippen molar-refractivity contribution in [3.63, 3.8) is 0 Å². The molecule has 0 aliphatic carbocycles. The van der Waals surface area contributed by atoms with E-state index in [1.165, 1.54) is 6.07 Å². The van der Waals surface area contributed by atoms with E-state index in [0.29, 0.717) is 47.2 Å². The lowest BCUT2D eigenvalue weighted by Crippen LogP contribution is -2.44. The Labute approximate surface area is 314 Å². The smallest absolute Gasteiger partial charge is 0.320 e. The number of halogens is 3. The van der Waals surface area contributed by atoms with Crippen molar-refractivity contribution in [1.82, 2.24) is 9.80 Å².